The lowest BCUT2D eigenvalue weighted by atomic mass is 10.1. The summed E-state index contributed by atoms with van der Waals surface area (Å²) in [5.74, 6) is 5.41. The summed E-state index contributed by atoms with van der Waals surface area (Å²) in [6, 6.07) is 12.4. The van der Waals surface area contributed by atoms with Crippen LogP contribution >= 0.6 is 0 Å². The Balaban J connectivity index is 2.31. The molecule has 2 N–H and O–H groups in total. The third-order valence-corrected chi connectivity index (χ3v) is 3.07. The molecule has 0 bridgehead atoms. The van der Waals surface area contributed by atoms with Gasteiger partial charge in [0, 0.05) is 23.3 Å². The number of hydrogen-bond donors (Lipinski definition) is 1. The van der Waals surface area contributed by atoms with Crippen molar-refractivity contribution in [3.63, 3.8) is 0 Å². The average molecular weight is 239 g/mol. The first kappa shape index (κ1) is 10.5. The summed E-state index contributed by atoms with van der Waals surface area (Å²) < 4.78 is 0. The Labute approximate surface area is 103 Å². The number of nitro groups is 1. The Bertz CT molecular complexity index is 692. The van der Waals surface area contributed by atoms with Crippen LogP contribution in [-0.4, -0.2) is 10.6 Å². The maximum Gasteiger partial charge on any atom is 0.270 e. The summed E-state index contributed by atoms with van der Waals surface area (Å²) in [5, 5.41) is 14.6. The highest BCUT2D eigenvalue weighted by Gasteiger charge is 2.26. The Morgan fingerprint density at radius 3 is 2.33 bits per heavy atom. The molecule has 18 heavy (non-hydrogen) atoms. The molecule has 1 aliphatic rings. The number of benzene rings is 2. The van der Waals surface area contributed by atoms with E-state index in [0.29, 0.717) is 11.3 Å². The molecule has 0 spiro atoms. The predicted molar refractivity (Wildman–Crippen MR) is 68.4 cm³/mol. The number of hydrazone groups is 1. The summed E-state index contributed by atoms with van der Waals surface area (Å²) in [6.07, 6.45) is 0. The van der Waals surface area contributed by atoms with Gasteiger partial charge in [-0.15, -0.1) is 0 Å². The third-order valence-electron chi connectivity index (χ3n) is 3.07. The number of rotatable bonds is 1. The van der Waals surface area contributed by atoms with E-state index in [2.05, 4.69) is 5.10 Å². The number of fused-ring (bicyclic) bond motifs is 3. The third kappa shape index (κ3) is 1.31. The smallest absolute Gasteiger partial charge is 0.270 e. The number of non-ortho nitro benzene ring substituents is 1. The van der Waals surface area contributed by atoms with Gasteiger partial charge in [-0.2, -0.15) is 5.10 Å². The van der Waals surface area contributed by atoms with Gasteiger partial charge in [0.1, 0.15) is 0 Å². The van der Waals surface area contributed by atoms with E-state index in [1.165, 1.54) is 12.1 Å². The second-order valence-electron chi connectivity index (χ2n) is 4.01. The zero-order chi connectivity index (χ0) is 12.7. The summed E-state index contributed by atoms with van der Waals surface area (Å²) in [5.41, 5.74) is 4.21. The van der Waals surface area contributed by atoms with Crippen LogP contribution < -0.4 is 5.84 Å². The molecule has 3 rings (SSSR count). The van der Waals surface area contributed by atoms with E-state index in [0.717, 1.165) is 16.7 Å². The zero-order valence-electron chi connectivity index (χ0n) is 9.33. The fraction of sp³-hybridized carbons (Fsp3) is 0. The van der Waals surface area contributed by atoms with E-state index < -0.39 is 4.92 Å². The van der Waals surface area contributed by atoms with Crippen molar-refractivity contribution < 1.29 is 4.92 Å². The molecule has 2 aromatic rings. The molecule has 2 aromatic carbocycles. The molecular formula is C13H9N3O2. The number of hydrogen-bond acceptors (Lipinski definition) is 4. The van der Waals surface area contributed by atoms with Crippen molar-refractivity contribution in [2.75, 3.05) is 0 Å². The molecule has 5 heteroatoms. The first-order valence-corrected chi connectivity index (χ1v) is 5.39. The molecule has 0 fully saturated rings. The largest absolute Gasteiger partial charge is 0.323 e. The monoisotopic (exact) mass is 239 g/mol. The Hall–Kier alpha value is -2.69. The topological polar surface area (TPSA) is 81.5 Å². The van der Waals surface area contributed by atoms with E-state index in [9.17, 15) is 10.1 Å². The first-order valence-electron chi connectivity index (χ1n) is 5.39. The molecule has 0 atom stereocenters. The fourth-order valence-electron chi connectivity index (χ4n) is 2.29. The second kappa shape index (κ2) is 3.66. The van der Waals surface area contributed by atoms with Crippen LogP contribution in [-0.2, 0) is 0 Å². The van der Waals surface area contributed by atoms with Crippen molar-refractivity contribution in [1.82, 2.24) is 0 Å². The number of nitro benzene ring substituents is 1. The minimum Gasteiger partial charge on any atom is -0.323 e. The maximum atomic E-state index is 10.8. The van der Waals surface area contributed by atoms with Crippen LogP contribution in [0.3, 0.4) is 0 Å². The lowest BCUT2D eigenvalue weighted by Gasteiger charge is -1.99. The van der Waals surface area contributed by atoms with Crippen LogP contribution in [0.4, 0.5) is 5.69 Å². The zero-order valence-corrected chi connectivity index (χ0v) is 9.33. The molecule has 1 aliphatic carbocycles. The van der Waals surface area contributed by atoms with Gasteiger partial charge >= 0.3 is 0 Å². The maximum absolute atomic E-state index is 10.8. The minimum atomic E-state index is -0.419. The molecule has 88 valence electrons. The molecule has 0 aromatic heterocycles. The van der Waals surface area contributed by atoms with Gasteiger partial charge in [0.2, 0.25) is 0 Å². The molecule has 0 saturated heterocycles. The SMILES string of the molecule is NN=C1c2ccccc2-c2ccc([N+](=O)[O-])cc21. The normalized spacial score (nSPS) is 14.3. The van der Waals surface area contributed by atoms with Gasteiger partial charge in [0.25, 0.3) is 5.69 Å². The quantitative estimate of drug-likeness (QED) is 0.402. The van der Waals surface area contributed by atoms with Gasteiger partial charge in [-0.3, -0.25) is 10.1 Å². The number of nitrogens with zero attached hydrogens (tertiary/aromatic N) is 2. The van der Waals surface area contributed by atoms with Crippen molar-refractivity contribution in [2.45, 2.75) is 0 Å². The van der Waals surface area contributed by atoms with Crippen LogP contribution in [0, 0.1) is 10.1 Å². The second-order valence-corrected chi connectivity index (χ2v) is 4.01. The van der Waals surface area contributed by atoms with Gasteiger partial charge < -0.3 is 5.84 Å². The van der Waals surface area contributed by atoms with Crippen LogP contribution in [0.25, 0.3) is 11.1 Å². The predicted octanol–water partition coefficient (Wildman–Crippen LogP) is 2.29. The van der Waals surface area contributed by atoms with Gasteiger partial charge in [0.15, 0.2) is 0 Å². The van der Waals surface area contributed by atoms with E-state index in [1.54, 1.807) is 6.07 Å². The first-order chi connectivity index (χ1) is 8.72. The van der Waals surface area contributed by atoms with Gasteiger partial charge in [0.05, 0.1) is 10.6 Å². The van der Waals surface area contributed by atoms with Crippen LogP contribution in [0.15, 0.2) is 47.6 Å². The summed E-state index contributed by atoms with van der Waals surface area (Å²) in [4.78, 5) is 10.4. The summed E-state index contributed by atoms with van der Waals surface area (Å²) in [6.45, 7) is 0. The highest BCUT2D eigenvalue weighted by molar-refractivity contribution is 6.24. The molecule has 0 heterocycles. The standard InChI is InChI=1S/C13H9N3O2/c14-15-13-11-4-2-1-3-9(11)10-6-5-8(16(17)18)7-12(10)13/h1-7H,14H2. The van der Waals surface area contributed by atoms with Crippen LogP contribution in [0.5, 0.6) is 0 Å². The van der Waals surface area contributed by atoms with Gasteiger partial charge in [-0.05, 0) is 17.2 Å². The molecule has 0 amide bonds. The van der Waals surface area contributed by atoms with Crippen molar-refractivity contribution in [1.29, 1.82) is 0 Å². The summed E-state index contributed by atoms with van der Waals surface area (Å²) >= 11 is 0. The Morgan fingerprint density at radius 1 is 1.00 bits per heavy atom. The van der Waals surface area contributed by atoms with Gasteiger partial charge in [-0.25, -0.2) is 0 Å². The average Bonchev–Trinajstić information content (AvgIpc) is 2.71. The minimum absolute atomic E-state index is 0.0442. The number of nitrogens with two attached hydrogens (primary N) is 1. The van der Waals surface area contributed by atoms with Crippen LogP contribution in [0.2, 0.25) is 0 Å². The van der Waals surface area contributed by atoms with Crippen molar-refractivity contribution >= 4 is 11.4 Å². The molecule has 0 aliphatic heterocycles. The summed E-state index contributed by atoms with van der Waals surface area (Å²) in [7, 11) is 0. The fourth-order valence-corrected chi connectivity index (χ4v) is 2.29. The highest BCUT2D eigenvalue weighted by atomic mass is 16.6. The van der Waals surface area contributed by atoms with E-state index in [4.69, 9.17) is 5.84 Å². The molecule has 0 radical (unpaired) electrons. The molecule has 0 unspecified atom stereocenters. The van der Waals surface area contributed by atoms with Crippen molar-refractivity contribution in [3.05, 3.63) is 63.7 Å². The van der Waals surface area contributed by atoms with E-state index in [1.807, 2.05) is 24.3 Å². The van der Waals surface area contributed by atoms with Crippen molar-refractivity contribution in [2.24, 2.45) is 10.9 Å². The Kier molecular flexibility index (Phi) is 2.13. The van der Waals surface area contributed by atoms with E-state index >= 15 is 0 Å². The lowest BCUT2D eigenvalue weighted by molar-refractivity contribution is -0.384. The highest BCUT2D eigenvalue weighted by Crippen LogP contribution is 2.38. The molecule has 5 nitrogen and oxygen atoms in total. The van der Waals surface area contributed by atoms with E-state index in [-0.39, 0.29) is 5.69 Å². The van der Waals surface area contributed by atoms with Gasteiger partial charge in [-0.1, -0.05) is 24.3 Å². The Morgan fingerprint density at radius 2 is 1.67 bits per heavy atom. The molecule has 0 saturated carbocycles. The lowest BCUT2D eigenvalue weighted by Crippen LogP contribution is -2.02. The molecular weight excluding hydrogens is 230 g/mol. The van der Waals surface area contributed by atoms with Crippen molar-refractivity contribution in [3.8, 4) is 11.1 Å². The van der Waals surface area contributed by atoms with Crippen LogP contribution in [0.1, 0.15) is 11.1 Å².